The van der Waals surface area contributed by atoms with Crippen LogP contribution >= 0.6 is 0 Å². The lowest BCUT2D eigenvalue weighted by molar-refractivity contribution is 0.295. The van der Waals surface area contributed by atoms with E-state index in [0.29, 0.717) is 24.7 Å². The number of hydrogen-bond acceptors (Lipinski definition) is 4. The van der Waals surface area contributed by atoms with Gasteiger partial charge in [0.2, 0.25) is 0 Å². The van der Waals surface area contributed by atoms with Crippen molar-refractivity contribution in [3.05, 3.63) is 23.3 Å². The zero-order chi connectivity index (χ0) is 19.0. The van der Waals surface area contributed by atoms with Crippen molar-refractivity contribution >= 4 is 0 Å². The van der Waals surface area contributed by atoms with Gasteiger partial charge in [0.15, 0.2) is 0 Å². The molecular weight excluding hydrogens is 324 g/mol. The van der Waals surface area contributed by atoms with E-state index in [1.54, 1.807) is 12.1 Å². The first-order valence-corrected chi connectivity index (χ1v) is 10.0. The second-order valence-electron chi connectivity index (χ2n) is 6.56. The molecule has 0 heterocycles. The predicted molar refractivity (Wildman–Crippen MR) is 104 cm³/mol. The molecule has 4 heteroatoms. The normalized spacial score (nSPS) is 10.2. The Bertz CT molecular complexity index is 546. The lowest BCUT2D eigenvalue weighted by atomic mass is 10.1. The number of unbranched alkanes of at least 4 members (excludes halogenated alkanes) is 8. The average molecular weight is 357 g/mol. The van der Waals surface area contributed by atoms with E-state index in [1.807, 2.05) is 0 Å². The first-order valence-electron chi connectivity index (χ1n) is 10.0. The Morgan fingerprint density at radius 1 is 0.654 bits per heavy atom. The van der Waals surface area contributed by atoms with Gasteiger partial charge >= 0.3 is 0 Å². The highest BCUT2D eigenvalue weighted by molar-refractivity contribution is 5.60. The topological polar surface area (TPSA) is 66.0 Å². The standard InChI is InChI=1S/C22H32N2O2/c1-3-5-7-9-11-15-25-21-13-14-22(20(18-24)19(21)17-23)26-16-12-10-8-6-4-2/h13-14H,3-12,15-16H2,1-2H3. The van der Waals surface area contributed by atoms with Crippen molar-refractivity contribution in [1.82, 2.24) is 0 Å². The molecule has 1 aromatic carbocycles. The highest BCUT2D eigenvalue weighted by atomic mass is 16.5. The summed E-state index contributed by atoms with van der Waals surface area (Å²) in [6.07, 6.45) is 11.5. The number of ether oxygens (including phenoxy) is 2. The number of nitrogens with zero attached hydrogens (tertiary/aromatic N) is 2. The van der Waals surface area contributed by atoms with Gasteiger partial charge in [-0.1, -0.05) is 65.2 Å². The highest BCUT2D eigenvalue weighted by Crippen LogP contribution is 2.30. The molecule has 0 spiro atoms. The van der Waals surface area contributed by atoms with Crippen LogP contribution in [0.5, 0.6) is 11.5 Å². The SMILES string of the molecule is CCCCCCCOc1ccc(OCCCCCCC)c(C#N)c1C#N. The van der Waals surface area contributed by atoms with Gasteiger partial charge in [-0.2, -0.15) is 10.5 Å². The average Bonchev–Trinajstić information content (AvgIpc) is 2.67. The molecule has 0 fully saturated rings. The Kier molecular flexibility index (Phi) is 11.8. The Labute approximate surface area is 158 Å². The molecule has 0 aliphatic carbocycles. The van der Waals surface area contributed by atoms with Gasteiger partial charge in [0.05, 0.1) is 13.2 Å². The molecule has 0 radical (unpaired) electrons. The first kappa shape index (κ1) is 21.8. The molecule has 0 saturated carbocycles. The highest BCUT2D eigenvalue weighted by Gasteiger charge is 2.15. The Balaban J connectivity index is 2.58. The van der Waals surface area contributed by atoms with Crippen molar-refractivity contribution in [1.29, 1.82) is 10.5 Å². The maximum atomic E-state index is 9.46. The van der Waals surface area contributed by atoms with Gasteiger partial charge in [-0.25, -0.2) is 0 Å². The van der Waals surface area contributed by atoms with Crippen molar-refractivity contribution in [2.24, 2.45) is 0 Å². The van der Waals surface area contributed by atoms with Gasteiger partial charge in [0.1, 0.15) is 34.8 Å². The molecule has 0 aromatic heterocycles. The van der Waals surface area contributed by atoms with E-state index in [9.17, 15) is 10.5 Å². The molecule has 142 valence electrons. The van der Waals surface area contributed by atoms with E-state index in [0.717, 1.165) is 25.7 Å². The Morgan fingerprint density at radius 3 is 1.38 bits per heavy atom. The summed E-state index contributed by atoms with van der Waals surface area (Å²) in [6, 6.07) is 7.71. The third-order valence-electron chi connectivity index (χ3n) is 4.36. The van der Waals surface area contributed by atoms with Crippen molar-refractivity contribution in [3.63, 3.8) is 0 Å². The smallest absolute Gasteiger partial charge is 0.138 e. The Hall–Kier alpha value is -2.20. The summed E-state index contributed by atoms with van der Waals surface area (Å²) in [5.41, 5.74) is 0.564. The first-order chi connectivity index (χ1) is 12.8. The fourth-order valence-electron chi connectivity index (χ4n) is 2.80. The van der Waals surface area contributed by atoms with Gasteiger partial charge < -0.3 is 9.47 Å². The molecule has 0 aliphatic heterocycles. The second kappa shape index (κ2) is 14.0. The molecule has 0 amide bonds. The van der Waals surface area contributed by atoms with E-state index < -0.39 is 0 Å². The van der Waals surface area contributed by atoms with E-state index in [-0.39, 0.29) is 11.1 Å². The number of nitriles is 2. The maximum absolute atomic E-state index is 9.46. The Morgan fingerprint density at radius 2 is 1.04 bits per heavy atom. The fraction of sp³-hybridized carbons (Fsp3) is 0.636. The maximum Gasteiger partial charge on any atom is 0.138 e. The van der Waals surface area contributed by atoms with Gasteiger partial charge in [-0.15, -0.1) is 0 Å². The minimum atomic E-state index is 0.282. The van der Waals surface area contributed by atoms with Crippen LogP contribution in [0.3, 0.4) is 0 Å². The third kappa shape index (κ3) is 7.79. The van der Waals surface area contributed by atoms with Gasteiger partial charge in [0, 0.05) is 0 Å². The molecule has 4 nitrogen and oxygen atoms in total. The molecule has 0 atom stereocenters. The van der Waals surface area contributed by atoms with Crippen LogP contribution in [-0.2, 0) is 0 Å². The van der Waals surface area contributed by atoms with Crippen LogP contribution in [0.15, 0.2) is 12.1 Å². The van der Waals surface area contributed by atoms with Crippen LogP contribution in [0.2, 0.25) is 0 Å². The summed E-state index contributed by atoms with van der Waals surface area (Å²) in [5.74, 6) is 0.963. The van der Waals surface area contributed by atoms with Crippen molar-refractivity contribution in [2.45, 2.75) is 78.1 Å². The van der Waals surface area contributed by atoms with Crippen LogP contribution in [0.1, 0.15) is 89.2 Å². The fourth-order valence-corrected chi connectivity index (χ4v) is 2.80. The summed E-state index contributed by atoms with van der Waals surface area (Å²) in [5, 5.41) is 18.9. The zero-order valence-electron chi connectivity index (χ0n) is 16.4. The van der Waals surface area contributed by atoms with Gasteiger partial charge in [-0.3, -0.25) is 0 Å². The van der Waals surface area contributed by atoms with Crippen molar-refractivity contribution in [3.8, 4) is 23.6 Å². The lowest BCUT2D eigenvalue weighted by Crippen LogP contribution is -2.04. The van der Waals surface area contributed by atoms with Crippen LogP contribution in [-0.4, -0.2) is 13.2 Å². The molecule has 0 aliphatic rings. The van der Waals surface area contributed by atoms with E-state index >= 15 is 0 Å². The van der Waals surface area contributed by atoms with Crippen LogP contribution < -0.4 is 9.47 Å². The van der Waals surface area contributed by atoms with Crippen LogP contribution in [0.4, 0.5) is 0 Å². The largest absolute Gasteiger partial charge is 0.492 e. The molecule has 0 N–H and O–H groups in total. The summed E-state index contributed by atoms with van der Waals surface area (Å²) in [7, 11) is 0. The third-order valence-corrected chi connectivity index (χ3v) is 4.36. The molecule has 0 bridgehead atoms. The molecule has 26 heavy (non-hydrogen) atoms. The van der Waals surface area contributed by atoms with E-state index in [1.165, 1.54) is 38.5 Å². The lowest BCUT2D eigenvalue weighted by Gasteiger charge is -2.13. The number of hydrogen-bond donors (Lipinski definition) is 0. The molecule has 1 rings (SSSR count). The monoisotopic (exact) mass is 356 g/mol. The van der Waals surface area contributed by atoms with Gasteiger partial charge in [0.25, 0.3) is 0 Å². The predicted octanol–water partition coefficient (Wildman–Crippen LogP) is 6.13. The minimum Gasteiger partial charge on any atom is -0.492 e. The summed E-state index contributed by atoms with van der Waals surface area (Å²) in [6.45, 7) is 5.52. The minimum absolute atomic E-state index is 0.282. The summed E-state index contributed by atoms with van der Waals surface area (Å²) >= 11 is 0. The molecular formula is C22H32N2O2. The molecule has 1 aromatic rings. The van der Waals surface area contributed by atoms with Crippen molar-refractivity contribution in [2.75, 3.05) is 13.2 Å². The number of benzene rings is 1. The van der Waals surface area contributed by atoms with E-state index in [4.69, 9.17) is 9.47 Å². The zero-order valence-corrected chi connectivity index (χ0v) is 16.4. The summed E-state index contributed by atoms with van der Waals surface area (Å²) in [4.78, 5) is 0. The van der Waals surface area contributed by atoms with Crippen molar-refractivity contribution < 1.29 is 9.47 Å². The second-order valence-corrected chi connectivity index (χ2v) is 6.56. The van der Waals surface area contributed by atoms with Gasteiger partial charge in [-0.05, 0) is 25.0 Å². The van der Waals surface area contributed by atoms with E-state index in [2.05, 4.69) is 26.0 Å². The summed E-state index contributed by atoms with van der Waals surface area (Å²) < 4.78 is 11.5. The quantitative estimate of drug-likeness (QED) is 0.376. The number of rotatable bonds is 14. The van der Waals surface area contributed by atoms with Crippen LogP contribution in [0, 0.1) is 22.7 Å². The van der Waals surface area contributed by atoms with Crippen LogP contribution in [0.25, 0.3) is 0 Å². The molecule has 0 unspecified atom stereocenters. The molecule has 0 saturated heterocycles.